The highest BCUT2D eigenvalue weighted by Crippen LogP contribution is 2.40. The van der Waals surface area contributed by atoms with Gasteiger partial charge in [0.15, 0.2) is 5.82 Å². The summed E-state index contributed by atoms with van der Waals surface area (Å²) < 4.78 is 7.27. The van der Waals surface area contributed by atoms with E-state index in [0.29, 0.717) is 5.82 Å². The molecule has 0 saturated carbocycles. The standard InChI is InChI=1S/C60H37N5/c1-2-15-40(16-3-1)60-61-58(51-33-28-38-14-4-5-17-44(38)59(51)62-60)39-26-29-41(30-27-39)63-56-36-42(64-52-22-10-6-18-45(52)46-19-7-11-23-53(46)64)31-34-49(56)50-35-32-43(37-57(50)63)65-54-24-12-8-20-47(54)48-21-9-13-25-55(48)65/h1-37H. The predicted molar refractivity (Wildman–Crippen MR) is 271 cm³/mol. The van der Waals surface area contributed by atoms with Crippen LogP contribution in [0.1, 0.15) is 0 Å². The molecular formula is C60H37N5. The molecule has 65 heavy (non-hydrogen) atoms. The average Bonchev–Trinajstić information content (AvgIpc) is 4.01. The van der Waals surface area contributed by atoms with Crippen molar-refractivity contribution in [2.75, 3.05) is 0 Å². The Morgan fingerprint density at radius 1 is 0.262 bits per heavy atom. The number of fused-ring (bicyclic) bond motifs is 12. The van der Waals surface area contributed by atoms with Gasteiger partial charge in [-0.3, -0.25) is 0 Å². The summed E-state index contributed by atoms with van der Waals surface area (Å²) in [7, 11) is 0. The summed E-state index contributed by atoms with van der Waals surface area (Å²) in [5.74, 6) is 0.714. The molecule has 0 bridgehead atoms. The van der Waals surface area contributed by atoms with Gasteiger partial charge in [0.2, 0.25) is 0 Å². The van der Waals surface area contributed by atoms with Crippen molar-refractivity contribution in [1.29, 1.82) is 0 Å². The van der Waals surface area contributed by atoms with Crippen LogP contribution in [-0.4, -0.2) is 23.7 Å². The van der Waals surface area contributed by atoms with E-state index in [9.17, 15) is 0 Å². The quantitative estimate of drug-likeness (QED) is 0.162. The first-order valence-corrected chi connectivity index (χ1v) is 22.2. The van der Waals surface area contributed by atoms with Crippen LogP contribution in [0.3, 0.4) is 0 Å². The highest BCUT2D eigenvalue weighted by atomic mass is 15.0. The normalized spacial score (nSPS) is 12.0. The minimum atomic E-state index is 0.714. The Bertz CT molecular complexity index is 3950. The van der Waals surface area contributed by atoms with Gasteiger partial charge in [-0.25, -0.2) is 9.97 Å². The maximum absolute atomic E-state index is 5.30. The Balaban J connectivity index is 1.02. The smallest absolute Gasteiger partial charge is 0.160 e. The Morgan fingerprint density at radius 2 is 0.677 bits per heavy atom. The summed E-state index contributed by atoms with van der Waals surface area (Å²) >= 11 is 0. The summed E-state index contributed by atoms with van der Waals surface area (Å²) in [5.41, 5.74) is 14.2. The second-order valence-corrected chi connectivity index (χ2v) is 17.0. The number of rotatable bonds is 5. The van der Waals surface area contributed by atoms with Crippen LogP contribution in [0.2, 0.25) is 0 Å². The van der Waals surface area contributed by atoms with E-state index in [1.165, 1.54) is 54.4 Å². The third kappa shape index (κ3) is 5.33. The first-order valence-electron chi connectivity index (χ1n) is 22.2. The molecule has 5 heteroatoms. The average molecular weight is 828 g/mol. The third-order valence-electron chi connectivity index (χ3n) is 13.4. The Hall–Kier alpha value is -8.80. The van der Waals surface area contributed by atoms with Crippen molar-refractivity contribution < 1.29 is 0 Å². The zero-order valence-electron chi connectivity index (χ0n) is 35.1. The molecule has 0 radical (unpaired) electrons. The van der Waals surface area contributed by atoms with Crippen molar-refractivity contribution in [3.8, 4) is 39.7 Å². The summed E-state index contributed by atoms with van der Waals surface area (Å²) in [6, 6.07) is 81.0. The minimum absolute atomic E-state index is 0.714. The molecule has 4 heterocycles. The van der Waals surface area contributed by atoms with E-state index in [1.54, 1.807) is 0 Å². The van der Waals surface area contributed by atoms with Gasteiger partial charge in [-0.05, 0) is 72.1 Å². The first-order chi connectivity index (χ1) is 32.2. The van der Waals surface area contributed by atoms with Crippen molar-refractivity contribution in [2.24, 2.45) is 0 Å². The molecule has 0 saturated heterocycles. The number of hydrogen-bond donors (Lipinski definition) is 0. The van der Waals surface area contributed by atoms with Gasteiger partial charge in [0.1, 0.15) is 0 Å². The van der Waals surface area contributed by atoms with Gasteiger partial charge in [0.05, 0.1) is 44.3 Å². The Labute approximate surface area is 373 Å². The van der Waals surface area contributed by atoms with Crippen LogP contribution in [0.25, 0.3) is 127 Å². The van der Waals surface area contributed by atoms with Crippen LogP contribution in [0, 0.1) is 0 Å². The molecule has 0 fully saturated rings. The number of benzene rings is 10. The SMILES string of the molecule is c1ccc(-c2nc(-c3ccc(-n4c5cc(-n6c7ccccc7c7ccccc76)ccc5c5ccc(-n6c7ccccc7c7ccccc76)cc54)cc3)c3ccc4ccccc4c3n2)cc1. The fourth-order valence-electron chi connectivity index (χ4n) is 10.5. The van der Waals surface area contributed by atoms with E-state index in [1.807, 2.05) is 18.2 Å². The van der Waals surface area contributed by atoms with Crippen molar-refractivity contribution in [3.63, 3.8) is 0 Å². The van der Waals surface area contributed by atoms with Crippen LogP contribution >= 0.6 is 0 Å². The van der Waals surface area contributed by atoms with Gasteiger partial charge in [0.25, 0.3) is 0 Å². The lowest BCUT2D eigenvalue weighted by Gasteiger charge is -2.14. The van der Waals surface area contributed by atoms with E-state index < -0.39 is 0 Å². The van der Waals surface area contributed by atoms with Gasteiger partial charge in [-0.15, -0.1) is 0 Å². The highest BCUT2D eigenvalue weighted by Gasteiger charge is 2.20. The second-order valence-electron chi connectivity index (χ2n) is 17.0. The molecule has 4 aromatic heterocycles. The summed E-state index contributed by atoms with van der Waals surface area (Å²) in [5, 5.41) is 10.7. The molecule has 302 valence electrons. The van der Waals surface area contributed by atoms with Crippen molar-refractivity contribution in [1.82, 2.24) is 23.7 Å². The van der Waals surface area contributed by atoms with Crippen LogP contribution < -0.4 is 0 Å². The Morgan fingerprint density at radius 3 is 1.22 bits per heavy atom. The number of hydrogen-bond acceptors (Lipinski definition) is 2. The molecule has 0 N–H and O–H groups in total. The molecule has 0 unspecified atom stereocenters. The van der Waals surface area contributed by atoms with Gasteiger partial charge in [-0.2, -0.15) is 0 Å². The van der Waals surface area contributed by atoms with Crippen LogP contribution in [-0.2, 0) is 0 Å². The van der Waals surface area contributed by atoms with Crippen molar-refractivity contribution in [2.45, 2.75) is 0 Å². The molecule has 0 aliphatic carbocycles. The zero-order chi connectivity index (χ0) is 42.6. The maximum Gasteiger partial charge on any atom is 0.160 e. The molecule has 0 aliphatic heterocycles. The van der Waals surface area contributed by atoms with E-state index in [2.05, 4.69) is 220 Å². The molecule has 5 nitrogen and oxygen atoms in total. The fraction of sp³-hybridized carbons (Fsp3) is 0. The van der Waals surface area contributed by atoms with Gasteiger partial charge in [-0.1, -0.05) is 158 Å². The number of nitrogens with zero attached hydrogens (tertiary/aromatic N) is 5. The topological polar surface area (TPSA) is 40.6 Å². The number of aromatic nitrogens is 5. The van der Waals surface area contributed by atoms with Gasteiger partial charge < -0.3 is 13.7 Å². The molecule has 0 amide bonds. The Kier molecular flexibility index (Phi) is 7.62. The van der Waals surface area contributed by atoms with E-state index in [4.69, 9.17) is 9.97 Å². The lowest BCUT2D eigenvalue weighted by molar-refractivity contribution is 1.14. The monoisotopic (exact) mass is 827 g/mol. The van der Waals surface area contributed by atoms with E-state index >= 15 is 0 Å². The molecule has 0 atom stereocenters. The predicted octanol–water partition coefficient (Wildman–Crippen LogP) is 15.4. The van der Waals surface area contributed by atoms with Crippen LogP contribution in [0.5, 0.6) is 0 Å². The minimum Gasteiger partial charge on any atom is -0.309 e. The van der Waals surface area contributed by atoms with Gasteiger partial charge in [0, 0.05) is 71.3 Å². The van der Waals surface area contributed by atoms with Crippen LogP contribution in [0.15, 0.2) is 224 Å². The third-order valence-corrected chi connectivity index (χ3v) is 13.4. The molecule has 14 rings (SSSR count). The molecule has 0 aliphatic rings. The summed E-state index contributed by atoms with van der Waals surface area (Å²) in [4.78, 5) is 10.5. The van der Waals surface area contributed by atoms with E-state index in [0.717, 1.165) is 66.6 Å². The fourth-order valence-corrected chi connectivity index (χ4v) is 10.5. The second kappa shape index (κ2) is 13.9. The zero-order valence-corrected chi connectivity index (χ0v) is 35.1. The summed E-state index contributed by atoms with van der Waals surface area (Å²) in [6.07, 6.45) is 0. The molecule has 0 spiro atoms. The van der Waals surface area contributed by atoms with Gasteiger partial charge >= 0.3 is 0 Å². The maximum atomic E-state index is 5.30. The molecular weight excluding hydrogens is 791 g/mol. The largest absolute Gasteiger partial charge is 0.309 e. The lowest BCUT2D eigenvalue weighted by atomic mass is 10.0. The van der Waals surface area contributed by atoms with E-state index in [-0.39, 0.29) is 0 Å². The highest BCUT2D eigenvalue weighted by molar-refractivity contribution is 6.14. The van der Waals surface area contributed by atoms with Crippen LogP contribution in [0.4, 0.5) is 0 Å². The molecule has 10 aromatic carbocycles. The number of para-hydroxylation sites is 4. The first kappa shape index (κ1) is 35.8. The molecule has 14 aromatic rings. The van der Waals surface area contributed by atoms with Crippen molar-refractivity contribution >= 4 is 87.1 Å². The summed E-state index contributed by atoms with van der Waals surface area (Å²) in [6.45, 7) is 0. The van der Waals surface area contributed by atoms with Crippen molar-refractivity contribution in [3.05, 3.63) is 224 Å². The lowest BCUT2D eigenvalue weighted by Crippen LogP contribution is -1.99.